The van der Waals surface area contributed by atoms with E-state index in [-0.39, 0.29) is 6.61 Å². The topological polar surface area (TPSA) is 47.9 Å². The van der Waals surface area contributed by atoms with Gasteiger partial charge in [-0.1, -0.05) is 36.4 Å². The van der Waals surface area contributed by atoms with Crippen LogP contribution >= 0.6 is 0 Å². The normalized spacial score (nSPS) is 34.8. The lowest BCUT2D eigenvalue weighted by Crippen LogP contribution is -2.64. The van der Waals surface area contributed by atoms with Crippen LogP contribution in [0.25, 0.3) is 0 Å². The fourth-order valence-corrected chi connectivity index (χ4v) is 2.93. The first-order valence-electron chi connectivity index (χ1n) is 7.51. The number of rotatable bonds is 3. The second-order valence-corrected chi connectivity index (χ2v) is 6.37. The van der Waals surface area contributed by atoms with E-state index in [9.17, 15) is 13.9 Å². The van der Waals surface area contributed by atoms with Crippen molar-refractivity contribution in [2.45, 2.75) is 50.0 Å². The lowest BCUT2D eigenvalue weighted by atomic mass is 9.82. The van der Waals surface area contributed by atoms with Crippen LogP contribution in [0.3, 0.4) is 0 Å². The predicted octanol–water partition coefficient (Wildman–Crippen LogP) is 2.66. The van der Waals surface area contributed by atoms with E-state index < -0.39 is 36.1 Å². The summed E-state index contributed by atoms with van der Waals surface area (Å²) in [5.41, 5.74) is -1.24. The first-order chi connectivity index (χ1) is 10.8. The summed E-state index contributed by atoms with van der Waals surface area (Å²) in [7, 11) is 0. The number of benzene rings is 1. The van der Waals surface area contributed by atoms with Gasteiger partial charge in [0.15, 0.2) is 11.4 Å². The van der Waals surface area contributed by atoms with Crippen molar-refractivity contribution in [2.75, 3.05) is 6.61 Å². The summed E-state index contributed by atoms with van der Waals surface area (Å²) in [5.74, 6) is -4.52. The van der Waals surface area contributed by atoms with Gasteiger partial charge < -0.3 is 19.3 Å². The number of hydrogen-bond acceptors (Lipinski definition) is 4. The van der Waals surface area contributed by atoms with Gasteiger partial charge in [-0.05, 0) is 25.5 Å². The maximum Gasteiger partial charge on any atom is 0.299 e. The van der Waals surface area contributed by atoms with Gasteiger partial charge in [0.2, 0.25) is 0 Å². The van der Waals surface area contributed by atoms with Gasteiger partial charge in [0.25, 0.3) is 5.92 Å². The number of ether oxygens (including phenoxy) is 3. The lowest BCUT2D eigenvalue weighted by molar-refractivity contribution is -0.264. The summed E-state index contributed by atoms with van der Waals surface area (Å²) >= 11 is 0. The number of aliphatic hydroxyl groups is 1. The summed E-state index contributed by atoms with van der Waals surface area (Å²) in [6, 6.07) is 9.32. The maximum atomic E-state index is 14.4. The predicted molar refractivity (Wildman–Crippen MR) is 79.0 cm³/mol. The standard InChI is InChI=1S/C17H20F2O4/c1-15(2)22-11-16(23-15)14(20)13(8-9-17(16,18)19)21-10-12-6-4-3-5-7-12/h3-9,13-14,20H,10-11H2,1-2H3/t13-,14+,16+/m1/s1. The number of halogens is 2. The van der Waals surface area contributed by atoms with E-state index in [1.165, 1.54) is 6.08 Å². The SMILES string of the molecule is CC1(C)OC[C@]2(O1)[C@@H](O)[C@H](OCc1ccccc1)C=CC2(F)F. The Bertz CT molecular complexity index is 588. The van der Waals surface area contributed by atoms with Crippen LogP contribution in [-0.2, 0) is 20.8 Å². The Morgan fingerprint density at radius 2 is 1.96 bits per heavy atom. The largest absolute Gasteiger partial charge is 0.387 e. The molecule has 1 fully saturated rings. The van der Waals surface area contributed by atoms with Crippen molar-refractivity contribution in [3.8, 4) is 0 Å². The molecule has 1 aliphatic carbocycles. The van der Waals surface area contributed by atoms with Crippen molar-refractivity contribution < 1.29 is 28.1 Å². The highest BCUT2D eigenvalue weighted by atomic mass is 19.3. The molecule has 0 amide bonds. The Kier molecular flexibility index (Phi) is 4.04. The lowest BCUT2D eigenvalue weighted by Gasteiger charge is -2.43. The third kappa shape index (κ3) is 2.92. The van der Waals surface area contributed by atoms with Crippen LogP contribution in [0.1, 0.15) is 19.4 Å². The van der Waals surface area contributed by atoms with Crippen molar-refractivity contribution >= 4 is 0 Å². The first-order valence-corrected chi connectivity index (χ1v) is 7.51. The summed E-state index contributed by atoms with van der Waals surface area (Å²) in [4.78, 5) is 0. The minimum atomic E-state index is -3.34. The zero-order valence-corrected chi connectivity index (χ0v) is 13.0. The van der Waals surface area contributed by atoms with Crippen LogP contribution in [0.15, 0.2) is 42.5 Å². The van der Waals surface area contributed by atoms with E-state index in [4.69, 9.17) is 14.2 Å². The van der Waals surface area contributed by atoms with Crippen LogP contribution in [0.4, 0.5) is 8.78 Å². The molecular formula is C17H20F2O4. The molecule has 0 radical (unpaired) electrons. The molecule has 23 heavy (non-hydrogen) atoms. The smallest absolute Gasteiger partial charge is 0.299 e. The number of aliphatic hydroxyl groups excluding tert-OH is 1. The monoisotopic (exact) mass is 326 g/mol. The van der Waals surface area contributed by atoms with Crippen LogP contribution in [0, 0.1) is 0 Å². The van der Waals surface area contributed by atoms with Crippen molar-refractivity contribution in [3.63, 3.8) is 0 Å². The fraction of sp³-hybridized carbons (Fsp3) is 0.529. The molecule has 126 valence electrons. The van der Waals surface area contributed by atoms with Crippen LogP contribution in [-0.4, -0.2) is 41.2 Å². The minimum absolute atomic E-state index is 0.207. The Balaban J connectivity index is 1.79. The molecule has 0 saturated carbocycles. The summed E-state index contributed by atoms with van der Waals surface area (Å²) < 4.78 is 45.1. The molecule has 1 saturated heterocycles. The molecule has 4 nitrogen and oxygen atoms in total. The van der Waals surface area contributed by atoms with E-state index in [0.29, 0.717) is 0 Å². The fourth-order valence-electron chi connectivity index (χ4n) is 2.93. The molecule has 1 aliphatic heterocycles. The van der Waals surface area contributed by atoms with E-state index >= 15 is 0 Å². The van der Waals surface area contributed by atoms with Gasteiger partial charge in [-0.2, -0.15) is 8.78 Å². The molecule has 1 spiro atoms. The summed E-state index contributed by atoms with van der Waals surface area (Å²) in [6.07, 6.45) is -0.506. The molecule has 1 aromatic carbocycles. The van der Waals surface area contributed by atoms with E-state index in [1.54, 1.807) is 13.8 Å². The zero-order valence-electron chi connectivity index (χ0n) is 13.0. The maximum absolute atomic E-state index is 14.4. The Morgan fingerprint density at radius 3 is 2.57 bits per heavy atom. The number of hydrogen-bond donors (Lipinski definition) is 1. The molecule has 1 aromatic rings. The van der Waals surface area contributed by atoms with E-state index in [1.807, 2.05) is 30.3 Å². The summed E-state index contributed by atoms with van der Waals surface area (Å²) in [5, 5.41) is 10.5. The van der Waals surface area contributed by atoms with Crippen LogP contribution < -0.4 is 0 Å². The highest BCUT2D eigenvalue weighted by Crippen LogP contribution is 2.48. The Morgan fingerprint density at radius 1 is 1.26 bits per heavy atom. The van der Waals surface area contributed by atoms with E-state index in [2.05, 4.69) is 0 Å². The van der Waals surface area contributed by atoms with Gasteiger partial charge in [0.1, 0.15) is 12.2 Å². The molecule has 0 aromatic heterocycles. The quantitative estimate of drug-likeness (QED) is 0.868. The van der Waals surface area contributed by atoms with Gasteiger partial charge in [0, 0.05) is 0 Å². The van der Waals surface area contributed by atoms with Crippen molar-refractivity contribution in [2.24, 2.45) is 0 Å². The van der Waals surface area contributed by atoms with Crippen molar-refractivity contribution in [3.05, 3.63) is 48.0 Å². The molecule has 3 rings (SSSR count). The molecule has 3 atom stereocenters. The van der Waals surface area contributed by atoms with Gasteiger partial charge in [-0.3, -0.25) is 0 Å². The van der Waals surface area contributed by atoms with Gasteiger partial charge in [0.05, 0.1) is 13.2 Å². The first kappa shape index (κ1) is 16.5. The molecule has 6 heteroatoms. The van der Waals surface area contributed by atoms with Gasteiger partial charge in [-0.25, -0.2) is 0 Å². The van der Waals surface area contributed by atoms with Crippen molar-refractivity contribution in [1.82, 2.24) is 0 Å². The molecular weight excluding hydrogens is 306 g/mol. The molecule has 1 heterocycles. The van der Waals surface area contributed by atoms with Gasteiger partial charge in [-0.15, -0.1) is 0 Å². The Hall–Kier alpha value is -1.34. The average Bonchev–Trinajstić information content (AvgIpc) is 2.84. The van der Waals surface area contributed by atoms with Crippen LogP contribution in [0.2, 0.25) is 0 Å². The second-order valence-electron chi connectivity index (χ2n) is 6.37. The zero-order chi connectivity index (χ0) is 16.7. The number of alkyl halides is 2. The van der Waals surface area contributed by atoms with Crippen LogP contribution in [0.5, 0.6) is 0 Å². The second kappa shape index (κ2) is 5.63. The molecule has 0 unspecified atom stereocenters. The van der Waals surface area contributed by atoms with E-state index in [0.717, 1.165) is 11.6 Å². The average molecular weight is 326 g/mol. The highest BCUT2D eigenvalue weighted by Gasteiger charge is 2.67. The molecule has 1 N–H and O–H groups in total. The minimum Gasteiger partial charge on any atom is -0.387 e. The molecule has 0 bridgehead atoms. The Labute approximate surface area is 133 Å². The third-order valence-electron chi connectivity index (χ3n) is 4.20. The third-order valence-corrected chi connectivity index (χ3v) is 4.20. The van der Waals surface area contributed by atoms with Gasteiger partial charge >= 0.3 is 0 Å². The summed E-state index contributed by atoms with van der Waals surface area (Å²) in [6.45, 7) is 2.90. The highest BCUT2D eigenvalue weighted by molar-refractivity contribution is 5.23. The molecule has 2 aliphatic rings. The van der Waals surface area contributed by atoms with Crippen molar-refractivity contribution in [1.29, 1.82) is 0 Å².